The molecule has 0 unspecified atom stereocenters. The fourth-order valence-electron chi connectivity index (χ4n) is 3.67. The minimum atomic E-state index is -0.323. The van der Waals surface area contributed by atoms with Gasteiger partial charge in [-0.3, -0.25) is 19.7 Å². The molecule has 2 fully saturated rings. The molecule has 2 aromatic rings. The number of piperazine rings is 2. The second kappa shape index (κ2) is 8.47. The van der Waals surface area contributed by atoms with Crippen LogP contribution < -0.4 is 9.80 Å². The number of halogens is 1. The zero-order valence-electron chi connectivity index (χ0n) is 15.7. The first-order valence-corrected chi connectivity index (χ1v) is 9.55. The highest BCUT2D eigenvalue weighted by Crippen LogP contribution is 2.16. The molecule has 2 aliphatic rings. The van der Waals surface area contributed by atoms with Crippen molar-refractivity contribution in [2.45, 2.75) is 0 Å². The molecular formula is C19H24FN7O. The molecule has 2 aliphatic heterocycles. The number of hydrogen-bond acceptors (Lipinski definition) is 7. The van der Waals surface area contributed by atoms with Gasteiger partial charge in [-0.2, -0.15) is 0 Å². The van der Waals surface area contributed by atoms with E-state index in [9.17, 15) is 9.18 Å². The van der Waals surface area contributed by atoms with Crippen LogP contribution in [0.25, 0.3) is 0 Å². The van der Waals surface area contributed by atoms with Crippen molar-refractivity contribution < 1.29 is 9.18 Å². The lowest BCUT2D eigenvalue weighted by atomic mass is 10.2. The predicted octanol–water partition coefficient (Wildman–Crippen LogP) is 0.482. The topological polar surface area (TPSA) is 68.7 Å². The Hall–Kier alpha value is -2.81. The summed E-state index contributed by atoms with van der Waals surface area (Å²) < 4.78 is 13.4. The van der Waals surface area contributed by atoms with Gasteiger partial charge in [-0.25, -0.2) is 9.37 Å². The van der Waals surface area contributed by atoms with Gasteiger partial charge in [0.2, 0.25) is 5.91 Å². The number of carbonyl (C=O) groups is 1. The SMILES string of the molecule is O=C(CN1CCN(c2cncc(F)c2)CC1)N1CCN(c2cnccn2)CC1. The zero-order chi connectivity index (χ0) is 19.3. The molecule has 0 atom stereocenters. The molecule has 0 N–H and O–H groups in total. The van der Waals surface area contributed by atoms with Gasteiger partial charge in [0, 0.05) is 70.8 Å². The van der Waals surface area contributed by atoms with Crippen LogP contribution in [0.15, 0.2) is 37.1 Å². The fourth-order valence-corrected chi connectivity index (χ4v) is 3.67. The van der Waals surface area contributed by atoms with Gasteiger partial charge in [-0.1, -0.05) is 0 Å². The van der Waals surface area contributed by atoms with Crippen LogP contribution in [-0.2, 0) is 4.79 Å². The summed E-state index contributed by atoms with van der Waals surface area (Å²) in [5, 5.41) is 0. The number of anilines is 2. The normalized spacial score (nSPS) is 18.4. The van der Waals surface area contributed by atoms with Crippen LogP contribution >= 0.6 is 0 Å². The first-order chi connectivity index (χ1) is 13.7. The molecular weight excluding hydrogens is 361 g/mol. The number of aromatic nitrogens is 3. The van der Waals surface area contributed by atoms with Crippen LogP contribution in [0.3, 0.4) is 0 Å². The number of pyridine rings is 1. The summed E-state index contributed by atoms with van der Waals surface area (Å²) in [4.78, 5) is 33.4. The van der Waals surface area contributed by atoms with Crippen molar-refractivity contribution >= 4 is 17.4 Å². The molecule has 0 radical (unpaired) electrons. The van der Waals surface area contributed by atoms with Crippen molar-refractivity contribution in [3.63, 3.8) is 0 Å². The van der Waals surface area contributed by atoms with Crippen LogP contribution in [0.5, 0.6) is 0 Å². The summed E-state index contributed by atoms with van der Waals surface area (Å²) in [6.07, 6.45) is 7.99. The molecule has 28 heavy (non-hydrogen) atoms. The highest BCUT2D eigenvalue weighted by molar-refractivity contribution is 5.78. The first-order valence-electron chi connectivity index (χ1n) is 9.55. The standard InChI is InChI=1S/C19H24FN7O/c20-16-11-17(13-22-12-16)25-5-3-24(4-6-25)15-19(28)27-9-7-26(8-10-27)18-14-21-1-2-23-18/h1-2,11-14H,3-10,15H2. The summed E-state index contributed by atoms with van der Waals surface area (Å²) in [7, 11) is 0. The average Bonchev–Trinajstić information content (AvgIpc) is 2.75. The van der Waals surface area contributed by atoms with Crippen molar-refractivity contribution in [3.05, 3.63) is 42.9 Å². The molecule has 0 bridgehead atoms. The van der Waals surface area contributed by atoms with Gasteiger partial charge in [-0.05, 0) is 0 Å². The van der Waals surface area contributed by atoms with Crippen molar-refractivity contribution in [2.24, 2.45) is 0 Å². The van der Waals surface area contributed by atoms with E-state index in [1.54, 1.807) is 24.8 Å². The van der Waals surface area contributed by atoms with Crippen LogP contribution in [0, 0.1) is 5.82 Å². The molecule has 0 aliphatic carbocycles. The number of rotatable bonds is 4. The summed E-state index contributed by atoms with van der Waals surface area (Å²) in [6.45, 7) is 6.45. The van der Waals surface area contributed by atoms with E-state index in [0.717, 1.165) is 50.8 Å². The quantitative estimate of drug-likeness (QED) is 0.758. The monoisotopic (exact) mass is 385 g/mol. The third kappa shape index (κ3) is 4.36. The van der Waals surface area contributed by atoms with Crippen molar-refractivity contribution in [3.8, 4) is 0 Å². The Kier molecular flexibility index (Phi) is 5.61. The van der Waals surface area contributed by atoms with E-state index in [2.05, 4.69) is 29.7 Å². The van der Waals surface area contributed by atoms with Crippen molar-refractivity contribution in [1.29, 1.82) is 0 Å². The summed E-state index contributed by atoms with van der Waals surface area (Å²) >= 11 is 0. The minimum Gasteiger partial charge on any atom is -0.368 e. The third-order valence-corrected chi connectivity index (χ3v) is 5.29. The largest absolute Gasteiger partial charge is 0.368 e. The molecule has 4 rings (SSSR count). The van der Waals surface area contributed by atoms with E-state index < -0.39 is 0 Å². The Morgan fingerprint density at radius 2 is 1.64 bits per heavy atom. The summed E-state index contributed by atoms with van der Waals surface area (Å²) in [6, 6.07) is 1.50. The maximum absolute atomic E-state index is 13.4. The van der Waals surface area contributed by atoms with E-state index in [1.165, 1.54) is 12.3 Å². The molecule has 148 valence electrons. The first kappa shape index (κ1) is 18.5. The minimum absolute atomic E-state index is 0.166. The molecule has 4 heterocycles. The molecule has 2 aromatic heterocycles. The Labute approximate surface area is 163 Å². The molecule has 0 spiro atoms. The second-order valence-electron chi connectivity index (χ2n) is 7.06. The van der Waals surface area contributed by atoms with Crippen LogP contribution in [-0.4, -0.2) is 89.6 Å². The van der Waals surface area contributed by atoms with Crippen LogP contribution in [0.1, 0.15) is 0 Å². The number of hydrogen-bond donors (Lipinski definition) is 0. The Morgan fingerprint density at radius 3 is 2.32 bits per heavy atom. The predicted molar refractivity (Wildman–Crippen MR) is 104 cm³/mol. The molecule has 2 saturated heterocycles. The molecule has 1 amide bonds. The molecule has 0 aromatic carbocycles. The van der Waals surface area contributed by atoms with E-state index >= 15 is 0 Å². The summed E-state index contributed by atoms with van der Waals surface area (Å²) in [5.41, 5.74) is 0.797. The average molecular weight is 385 g/mol. The smallest absolute Gasteiger partial charge is 0.236 e. The van der Waals surface area contributed by atoms with Gasteiger partial charge in [0.25, 0.3) is 0 Å². The molecule has 8 nitrogen and oxygen atoms in total. The van der Waals surface area contributed by atoms with Gasteiger partial charge in [-0.15, -0.1) is 0 Å². The fraction of sp³-hybridized carbons (Fsp3) is 0.474. The van der Waals surface area contributed by atoms with E-state index in [-0.39, 0.29) is 11.7 Å². The number of nitrogens with zero attached hydrogens (tertiary/aromatic N) is 7. The lowest BCUT2D eigenvalue weighted by Gasteiger charge is -2.38. The van der Waals surface area contributed by atoms with Gasteiger partial charge in [0.05, 0.1) is 30.8 Å². The van der Waals surface area contributed by atoms with Gasteiger partial charge in [0.15, 0.2) is 0 Å². The lowest BCUT2D eigenvalue weighted by Crippen LogP contribution is -2.54. The highest BCUT2D eigenvalue weighted by Gasteiger charge is 2.25. The van der Waals surface area contributed by atoms with Gasteiger partial charge in [0.1, 0.15) is 11.6 Å². The molecule has 0 saturated carbocycles. The van der Waals surface area contributed by atoms with Crippen molar-refractivity contribution in [2.75, 3.05) is 68.7 Å². The van der Waals surface area contributed by atoms with Crippen LogP contribution in [0.2, 0.25) is 0 Å². The number of amides is 1. The zero-order valence-corrected chi connectivity index (χ0v) is 15.7. The maximum atomic E-state index is 13.4. The second-order valence-corrected chi connectivity index (χ2v) is 7.06. The lowest BCUT2D eigenvalue weighted by molar-refractivity contribution is -0.132. The van der Waals surface area contributed by atoms with E-state index in [0.29, 0.717) is 19.6 Å². The third-order valence-electron chi connectivity index (χ3n) is 5.29. The Bertz CT molecular complexity index is 790. The molecule has 9 heteroatoms. The van der Waals surface area contributed by atoms with Gasteiger partial charge >= 0.3 is 0 Å². The van der Waals surface area contributed by atoms with Crippen LogP contribution in [0.4, 0.5) is 15.9 Å². The van der Waals surface area contributed by atoms with E-state index in [4.69, 9.17) is 0 Å². The van der Waals surface area contributed by atoms with Crippen molar-refractivity contribution in [1.82, 2.24) is 24.8 Å². The summed E-state index contributed by atoms with van der Waals surface area (Å²) in [5.74, 6) is 0.702. The maximum Gasteiger partial charge on any atom is 0.236 e. The highest BCUT2D eigenvalue weighted by atomic mass is 19.1. The van der Waals surface area contributed by atoms with Gasteiger partial charge < -0.3 is 14.7 Å². The van der Waals surface area contributed by atoms with E-state index in [1.807, 2.05) is 4.90 Å². The Morgan fingerprint density at radius 1 is 0.893 bits per heavy atom. The Balaban J connectivity index is 1.23. The number of carbonyl (C=O) groups excluding carboxylic acids is 1.